The van der Waals surface area contributed by atoms with Gasteiger partial charge in [-0.25, -0.2) is 0 Å². The van der Waals surface area contributed by atoms with Crippen LogP contribution in [-0.2, 0) is 14.0 Å². The zero-order chi connectivity index (χ0) is 23.7. The summed E-state index contributed by atoms with van der Waals surface area (Å²) >= 11 is 0. The van der Waals surface area contributed by atoms with Crippen LogP contribution in [0.25, 0.3) is 0 Å². The van der Waals surface area contributed by atoms with Crippen LogP contribution < -0.4 is 0 Å². The predicted molar refractivity (Wildman–Crippen MR) is 144 cm³/mol. The first-order valence-electron chi connectivity index (χ1n) is 11.7. The average Bonchev–Trinajstić information content (AvgIpc) is 2.62. The first kappa shape index (κ1) is 26.5. The van der Waals surface area contributed by atoms with Gasteiger partial charge in [-0.2, -0.15) is 0 Å². The van der Waals surface area contributed by atoms with Crippen molar-refractivity contribution in [3.05, 3.63) is 48.2 Å². The Hall–Kier alpha value is -0.742. The van der Waals surface area contributed by atoms with E-state index in [0.29, 0.717) is 6.42 Å². The van der Waals surface area contributed by atoms with Gasteiger partial charge in [-0.3, -0.25) is 4.79 Å². The maximum absolute atomic E-state index is 12.1. The van der Waals surface area contributed by atoms with Crippen LogP contribution in [0.1, 0.15) is 31.2 Å². The quantitative estimate of drug-likeness (QED) is 0.363. The van der Waals surface area contributed by atoms with Crippen LogP contribution >= 0.6 is 0 Å². The molecule has 2 rings (SSSR count). The Labute approximate surface area is 194 Å². The molecule has 0 radical (unpaired) electrons. The Kier molecular flexibility index (Phi) is 8.23. The van der Waals surface area contributed by atoms with Gasteiger partial charge in [0.05, 0.1) is 35.1 Å². The van der Waals surface area contributed by atoms with Gasteiger partial charge >= 0.3 is 0 Å². The summed E-state index contributed by atoms with van der Waals surface area (Å²) in [6.07, 6.45) is 4.35. The van der Waals surface area contributed by atoms with Crippen molar-refractivity contribution < 1.29 is 14.0 Å². The van der Waals surface area contributed by atoms with Gasteiger partial charge in [-0.1, -0.05) is 96.2 Å². The number of rotatable bonds is 9. The normalized spacial score (nSPS) is 20.3. The largest absolute Gasteiger partial charge is 0.497 e. The second-order valence-electron chi connectivity index (χ2n) is 12.3. The Bertz CT molecular complexity index is 737. The summed E-state index contributed by atoms with van der Waals surface area (Å²) in [5.74, 6) is 0.424. The maximum atomic E-state index is 12.1. The summed E-state index contributed by atoms with van der Waals surface area (Å²) in [6, 6.07) is 10.7. The van der Waals surface area contributed by atoms with Gasteiger partial charge in [0.1, 0.15) is 6.10 Å². The number of ether oxygens (including phenoxy) is 1. The molecule has 0 aliphatic carbocycles. The van der Waals surface area contributed by atoms with Gasteiger partial charge in [0, 0.05) is 24.8 Å². The molecule has 1 aromatic rings. The number of carbonyl (C=O) groups is 1. The van der Waals surface area contributed by atoms with Gasteiger partial charge < -0.3 is 9.16 Å². The molecule has 0 amide bonds. The molecular weight excluding hydrogens is 449 g/mol. The van der Waals surface area contributed by atoms with E-state index in [1.165, 1.54) is 5.56 Å². The highest BCUT2D eigenvalue weighted by atomic mass is 29.9. The van der Waals surface area contributed by atoms with Crippen molar-refractivity contribution in [2.45, 2.75) is 96.8 Å². The zero-order valence-electron chi connectivity index (χ0n) is 21.4. The molecule has 0 fully saturated rings. The van der Waals surface area contributed by atoms with E-state index in [2.05, 4.69) is 96.2 Å². The summed E-state index contributed by atoms with van der Waals surface area (Å²) in [4.78, 5) is 12.1. The van der Waals surface area contributed by atoms with E-state index in [1.54, 1.807) is 12.3 Å². The molecule has 174 valence electrons. The monoisotopic (exact) mass is 492 g/mol. The molecule has 1 aliphatic heterocycles. The number of hydrogen-bond acceptors (Lipinski definition) is 3. The third-order valence-corrected chi connectivity index (χ3v) is 74.4. The first-order chi connectivity index (χ1) is 14.1. The fraction of sp³-hybridized carbons (Fsp3) is 0.625. The van der Waals surface area contributed by atoms with Crippen LogP contribution in [0.5, 0.6) is 0 Å². The van der Waals surface area contributed by atoms with Crippen LogP contribution in [0.2, 0.25) is 58.9 Å². The van der Waals surface area contributed by atoms with Gasteiger partial charge in [0.25, 0.3) is 0 Å². The number of carbonyl (C=O) groups excluding carboxylic acids is 1. The van der Waals surface area contributed by atoms with Crippen LogP contribution in [0, 0.1) is 0 Å². The Morgan fingerprint density at radius 2 is 1.45 bits per heavy atom. The molecule has 3 atom stereocenters. The maximum Gasteiger partial charge on any atom is 0.162 e. The molecule has 7 heteroatoms. The van der Waals surface area contributed by atoms with E-state index in [-0.39, 0.29) is 23.9 Å². The predicted octanol–water partition coefficient (Wildman–Crippen LogP) is 6.63. The Balaban J connectivity index is 2.54. The fourth-order valence-electron chi connectivity index (χ4n) is 6.42. The smallest absolute Gasteiger partial charge is 0.162 e. The summed E-state index contributed by atoms with van der Waals surface area (Å²) in [6.45, 7) is 23.3. The lowest BCUT2D eigenvalue weighted by Crippen LogP contribution is -2.85. The zero-order valence-corrected chi connectivity index (χ0v) is 25.4. The lowest BCUT2D eigenvalue weighted by molar-refractivity contribution is -0.118. The highest BCUT2D eigenvalue weighted by Gasteiger charge is 2.64. The molecule has 0 saturated heterocycles. The van der Waals surface area contributed by atoms with Crippen molar-refractivity contribution in [3.8, 4) is 0 Å². The first-order valence-corrected chi connectivity index (χ1v) is 27.1. The van der Waals surface area contributed by atoms with Crippen molar-refractivity contribution in [3.63, 3.8) is 0 Å². The minimum absolute atomic E-state index is 0.0727. The number of benzene rings is 1. The van der Waals surface area contributed by atoms with Crippen molar-refractivity contribution >= 4 is 35.4 Å². The van der Waals surface area contributed by atoms with Gasteiger partial charge in [-0.15, -0.1) is 0 Å². The van der Waals surface area contributed by atoms with Crippen molar-refractivity contribution in [1.29, 1.82) is 0 Å². The van der Waals surface area contributed by atoms with Crippen LogP contribution in [0.3, 0.4) is 0 Å². The molecule has 3 nitrogen and oxygen atoms in total. The van der Waals surface area contributed by atoms with E-state index < -0.39 is 29.6 Å². The molecule has 1 heterocycles. The minimum Gasteiger partial charge on any atom is -0.497 e. The minimum atomic E-state index is -2.00. The van der Waals surface area contributed by atoms with Crippen molar-refractivity contribution in [1.82, 2.24) is 0 Å². The van der Waals surface area contributed by atoms with E-state index >= 15 is 0 Å². The molecule has 31 heavy (non-hydrogen) atoms. The molecule has 0 aromatic heterocycles. The molecule has 1 aromatic carbocycles. The number of hydrogen-bond donors (Lipinski definition) is 0. The molecule has 0 spiro atoms. The highest BCUT2D eigenvalue weighted by Crippen LogP contribution is 2.41. The number of allylic oxidation sites excluding steroid dienone is 1. The molecule has 0 bridgehead atoms. The van der Waals surface area contributed by atoms with E-state index in [9.17, 15) is 4.79 Å². The van der Waals surface area contributed by atoms with E-state index in [4.69, 9.17) is 9.16 Å². The van der Waals surface area contributed by atoms with E-state index in [0.717, 1.165) is 6.42 Å². The van der Waals surface area contributed by atoms with Crippen LogP contribution in [0.15, 0.2) is 42.7 Å². The van der Waals surface area contributed by atoms with Crippen molar-refractivity contribution in [2.24, 2.45) is 0 Å². The van der Waals surface area contributed by atoms with Crippen LogP contribution in [0.4, 0.5) is 0 Å². The van der Waals surface area contributed by atoms with Crippen LogP contribution in [-0.4, -0.2) is 47.6 Å². The van der Waals surface area contributed by atoms with Gasteiger partial charge in [-0.05, 0) is 5.56 Å². The summed E-state index contributed by atoms with van der Waals surface area (Å²) in [7, 11) is -4.73. The Morgan fingerprint density at radius 1 is 0.935 bits per heavy atom. The second kappa shape index (κ2) is 9.63. The summed E-state index contributed by atoms with van der Waals surface area (Å²) in [5.41, 5.74) is 1.31. The topological polar surface area (TPSA) is 35.5 Å². The third kappa shape index (κ3) is 5.79. The van der Waals surface area contributed by atoms with Gasteiger partial charge in [0.15, 0.2) is 12.7 Å². The molecule has 0 saturated carbocycles. The number of ketones is 1. The lowest BCUT2D eigenvalue weighted by atomic mass is 9.90. The summed E-state index contributed by atoms with van der Waals surface area (Å²) < 4.78 is 13.6. The van der Waals surface area contributed by atoms with Gasteiger partial charge in [0.2, 0.25) is 0 Å². The third-order valence-electron chi connectivity index (χ3n) is 6.83. The van der Waals surface area contributed by atoms with E-state index in [1.807, 2.05) is 0 Å². The SMILES string of the molecule is C[C@@H](c1ccccc1)[C@H](C[C@@H]1CC(=O)C=CO1)O[Si]([Si](C)(C)C)([Si](C)(C)C)[Si](C)(C)C. The highest BCUT2D eigenvalue weighted by molar-refractivity contribution is 7.87. The lowest BCUT2D eigenvalue weighted by Gasteiger charge is -2.58. The molecule has 1 aliphatic rings. The molecule has 0 unspecified atom stereocenters. The average molecular weight is 493 g/mol. The second-order valence-corrected chi connectivity index (χ2v) is 51.7. The Morgan fingerprint density at radius 3 is 1.90 bits per heavy atom. The molecular formula is C24H44O3Si4. The fourth-order valence-corrected chi connectivity index (χ4v) is 101. The molecule has 0 N–H and O–H groups in total. The van der Waals surface area contributed by atoms with Crippen molar-refractivity contribution in [2.75, 3.05) is 0 Å². The standard InChI is InChI=1S/C24H44O3Si4/c1-20(21-14-12-11-13-15-21)24(19-23-18-22(25)16-17-26-23)27-31(28(2,3)4,29(5,6)7)30(8,9)10/h11-17,20,23-24H,18-19H2,1-10H3/t20-,23-,24-/m0/s1. The summed E-state index contributed by atoms with van der Waals surface area (Å²) in [5, 5.41) is 0.